The highest BCUT2D eigenvalue weighted by atomic mass is 16.7. The van der Waals surface area contributed by atoms with Gasteiger partial charge in [-0.05, 0) is 56.4 Å². The second-order valence-electron chi connectivity index (χ2n) is 7.32. The van der Waals surface area contributed by atoms with Gasteiger partial charge in [0, 0.05) is 26.1 Å². The summed E-state index contributed by atoms with van der Waals surface area (Å²) < 4.78 is 11.8. The summed E-state index contributed by atoms with van der Waals surface area (Å²) in [7, 11) is 0. The number of amides is 1. The van der Waals surface area contributed by atoms with Crippen LogP contribution >= 0.6 is 0 Å². The number of aliphatic hydroxyl groups is 1. The Balaban J connectivity index is 1.63. The highest BCUT2D eigenvalue weighted by Gasteiger charge is 2.35. The van der Waals surface area contributed by atoms with Gasteiger partial charge in [-0.2, -0.15) is 0 Å². The molecule has 1 amide bonds. The lowest BCUT2D eigenvalue weighted by molar-refractivity contribution is -0.156. The summed E-state index contributed by atoms with van der Waals surface area (Å²) in [5.74, 6) is 1.61. The molecular formula is C19H31NO4. The Labute approximate surface area is 145 Å². The molecule has 0 bridgehead atoms. The molecule has 0 radical (unpaired) electrons. The van der Waals surface area contributed by atoms with Gasteiger partial charge >= 0.3 is 0 Å². The van der Waals surface area contributed by atoms with E-state index in [0.29, 0.717) is 24.2 Å². The quantitative estimate of drug-likeness (QED) is 0.726. The van der Waals surface area contributed by atoms with Crippen molar-refractivity contribution < 1.29 is 19.4 Å². The van der Waals surface area contributed by atoms with E-state index in [9.17, 15) is 4.79 Å². The van der Waals surface area contributed by atoms with Gasteiger partial charge in [-0.15, -0.1) is 0 Å². The predicted molar refractivity (Wildman–Crippen MR) is 91.1 cm³/mol. The van der Waals surface area contributed by atoms with E-state index in [1.54, 1.807) is 0 Å². The molecule has 0 unspecified atom stereocenters. The number of hydrogen-bond donors (Lipinski definition) is 1. The Morgan fingerprint density at radius 1 is 1.21 bits per heavy atom. The molecule has 1 saturated heterocycles. The predicted octanol–water partition coefficient (Wildman–Crippen LogP) is 2.83. The molecule has 1 N–H and O–H groups in total. The lowest BCUT2D eigenvalue weighted by atomic mass is 9.86. The zero-order valence-electron chi connectivity index (χ0n) is 14.6. The van der Waals surface area contributed by atoms with Crippen molar-refractivity contribution in [3.8, 4) is 0 Å². The van der Waals surface area contributed by atoms with Gasteiger partial charge in [-0.1, -0.05) is 12.8 Å². The smallest absolute Gasteiger partial charge is 0.288 e. The maximum Gasteiger partial charge on any atom is 0.288 e. The van der Waals surface area contributed by atoms with Crippen LogP contribution in [0.15, 0.2) is 11.8 Å². The van der Waals surface area contributed by atoms with Crippen LogP contribution in [0.25, 0.3) is 0 Å². The van der Waals surface area contributed by atoms with Gasteiger partial charge < -0.3 is 19.5 Å². The standard InChI is InChI=1S/C19H31NO4/c21-11-5-6-12-23-18-14-16(15-7-1-2-8-15)13-17(24-18)19(22)20-9-3-4-10-20/h13,15-16,18,21H,1-12,14H2/t16-,18+/m1/s1. The Kier molecular flexibility index (Phi) is 6.55. The number of ether oxygens (including phenoxy) is 2. The molecule has 0 aromatic rings. The van der Waals surface area contributed by atoms with Crippen molar-refractivity contribution in [2.45, 2.75) is 64.1 Å². The van der Waals surface area contributed by atoms with E-state index >= 15 is 0 Å². The van der Waals surface area contributed by atoms with Crippen molar-refractivity contribution in [1.29, 1.82) is 0 Å². The molecule has 3 aliphatic rings. The molecule has 0 spiro atoms. The van der Waals surface area contributed by atoms with Crippen molar-refractivity contribution >= 4 is 5.91 Å². The van der Waals surface area contributed by atoms with E-state index in [-0.39, 0.29) is 18.8 Å². The molecule has 2 aliphatic heterocycles. The molecule has 24 heavy (non-hydrogen) atoms. The van der Waals surface area contributed by atoms with Crippen LogP contribution in [0, 0.1) is 11.8 Å². The summed E-state index contributed by atoms with van der Waals surface area (Å²) in [6, 6.07) is 0. The molecule has 2 fully saturated rings. The largest absolute Gasteiger partial charge is 0.459 e. The van der Waals surface area contributed by atoms with E-state index in [2.05, 4.69) is 6.08 Å². The third-order valence-corrected chi connectivity index (χ3v) is 5.55. The maximum atomic E-state index is 12.7. The van der Waals surface area contributed by atoms with Crippen LogP contribution in [0.5, 0.6) is 0 Å². The molecule has 2 atom stereocenters. The summed E-state index contributed by atoms with van der Waals surface area (Å²) in [5.41, 5.74) is 0. The van der Waals surface area contributed by atoms with Crippen LogP contribution in [0.4, 0.5) is 0 Å². The zero-order chi connectivity index (χ0) is 16.8. The first-order valence-electron chi connectivity index (χ1n) is 9.68. The number of rotatable bonds is 7. The van der Waals surface area contributed by atoms with Gasteiger partial charge in [0.05, 0.1) is 6.61 Å². The number of hydrogen-bond acceptors (Lipinski definition) is 4. The molecule has 0 aromatic heterocycles. The molecule has 1 saturated carbocycles. The molecule has 0 aromatic carbocycles. The number of carbonyl (C=O) groups is 1. The summed E-state index contributed by atoms with van der Waals surface area (Å²) in [5, 5.41) is 8.88. The van der Waals surface area contributed by atoms with Crippen LogP contribution in [0.1, 0.15) is 57.8 Å². The molecule has 136 valence electrons. The van der Waals surface area contributed by atoms with Crippen LogP contribution in [0.2, 0.25) is 0 Å². The summed E-state index contributed by atoms with van der Waals surface area (Å²) in [6.07, 6.45) is 11.5. The number of nitrogens with zero attached hydrogens (tertiary/aromatic N) is 1. The fourth-order valence-corrected chi connectivity index (χ4v) is 4.16. The third-order valence-electron chi connectivity index (χ3n) is 5.55. The lowest BCUT2D eigenvalue weighted by Crippen LogP contribution is -2.36. The fraction of sp³-hybridized carbons (Fsp3) is 0.842. The summed E-state index contributed by atoms with van der Waals surface area (Å²) in [4.78, 5) is 14.6. The highest BCUT2D eigenvalue weighted by Crippen LogP contribution is 2.38. The monoisotopic (exact) mass is 337 g/mol. The van der Waals surface area contributed by atoms with E-state index in [0.717, 1.165) is 45.2 Å². The van der Waals surface area contributed by atoms with Crippen molar-refractivity contribution in [2.75, 3.05) is 26.3 Å². The lowest BCUT2D eigenvalue weighted by Gasteiger charge is -2.33. The van der Waals surface area contributed by atoms with Crippen molar-refractivity contribution in [2.24, 2.45) is 11.8 Å². The van der Waals surface area contributed by atoms with Crippen molar-refractivity contribution in [3.05, 3.63) is 11.8 Å². The third kappa shape index (κ3) is 4.51. The number of aliphatic hydroxyl groups excluding tert-OH is 1. The second kappa shape index (κ2) is 8.86. The maximum absolute atomic E-state index is 12.7. The van der Waals surface area contributed by atoms with Gasteiger partial charge in [0.15, 0.2) is 5.76 Å². The Hall–Kier alpha value is -1.07. The van der Waals surface area contributed by atoms with Crippen molar-refractivity contribution in [1.82, 2.24) is 4.90 Å². The average Bonchev–Trinajstić information content (AvgIpc) is 3.31. The number of carbonyl (C=O) groups excluding carboxylic acids is 1. The van der Waals surface area contributed by atoms with E-state index in [4.69, 9.17) is 14.6 Å². The molecule has 3 rings (SSSR count). The Morgan fingerprint density at radius 3 is 2.67 bits per heavy atom. The van der Waals surface area contributed by atoms with Crippen LogP contribution in [0.3, 0.4) is 0 Å². The van der Waals surface area contributed by atoms with Gasteiger partial charge in [0.25, 0.3) is 5.91 Å². The van der Waals surface area contributed by atoms with Crippen LogP contribution in [-0.4, -0.2) is 48.5 Å². The molecule has 5 heteroatoms. The topological polar surface area (TPSA) is 59.0 Å². The SMILES string of the molecule is O=C(C1=C[C@@H](C2CCCC2)C[C@@H](OCCCCO)O1)N1CCCC1. The molecule has 5 nitrogen and oxygen atoms in total. The number of likely N-dealkylation sites (tertiary alicyclic amines) is 1. The van der Waals surface area contributed by atoms with Crippen LogP contribution in [-0.2, 0) is 14.3 Å². The molecule has 2 heterocycles. The van der Waals surface area contributed by atoms with Gasteiger partial charge in [0.1, 0.15) is 0 Å². The second-order valence-corrected chi connectivity index (χ2v) is 7.32. The Morgan fingerprint density at radius 2 is 1.96 bits per heavy atom. The van der Waals surface area contributed by atoms with E-state index < -0.39 is 0 Å². The van der Waals surface area contributed by atoms with Gasteiger partial charge in [-0.25, -0.2) is 0 Å². The minimum atomic E-state index is -0.319. The number of unbranched alkanes of at least 4 members (excludes halogenated alkanes) is 1. The average molecular weight is 337 g/mol. The minimum absolute atomic E-state index is 0.0409. The summed E-state index contributed by atoms with van der Waals surface area (Å²) >= 11 is 0. The zero-order valence-corrected chi connectivity index (χ0v) is 14.6. The Bertz CT molecular complexity index is 439. The first kappa shape index (κ1) is 17.7. The fourth-order valence-electron chi connectivity index (χ4n) is 4.16. The molecular weight excluding hydrogens is 306 g/mol. The van der Waals surface area contributed by atoms with Gasteiger partial charge in [-0.3, -0.25) is 4.79 Å². The normalized spacial score (nSPS) is 28.0. The first-order valence-corrected chi connectivity index (χ1v) is 9.68. The first-order chi connectivity index (χ1) is 11.8. The highest BCUT2D eigenvalue weighted by molar-refractivity contribution is 5.91. The van der Waals surface area contributed by atoms with E-state index in [1.165, 1.54) is 25.7 Å². The van der Waals surface area contributed by atoms with Crippen molar-refractivity contribution in [3.63, 3.8) is 0 Å². The van der Waals surface area contributed by atoms with Crippen LogP contribution < -0.4 is 0 Å². The molecule has 1 aliphatic carbocycles. The summed E-state index contributed by atoms with van der Waals surface area (Å²) in [6.45, 7) is 2.46. The van der Waals surface area contributed by atoms with E-state index in [1.807, 2.05) is 4.90 Å². The minimum Gasteiger partial charge on any atom is -0.459 e. The number of allylic oxidation sites excluding steroid dienone is 1. The van der Waals surface area contributed by atoms with Gasteiger partial charge in [0.2, 0.25) is 6.29 Å².